The van der Waals surface area contributed by atoms with E-state index in [0.29, 0.717) is 0 Å². The van der Waals surface area contributed by atoms with E-state index in [1.807, 2.05) is 6.08 Å². The van der Waals surface area contributed by atoms with Gasteiger partial charge in [0.15, 0.2) is 0 Å². The highest BCUT2D eigenvalue weighted by Gasteiger charge is 1.87. The van der Waals surface area contributed by atoms with Crippen LogP contribution in [0, 0.1) is 0 Å². The van der Waals surface area contributed by atoms with Crippen molar-refractivity contribution in [3.63, 3.8) is 0 Å². The molecule has 1 nitrogen and oxygen atoms in total. The molecule has 0 spiro atoms. The van der Waals surface area contributed by atoms with E-state index in [9.17, 15) is 0 Å². The van der Waals surface area contributed by atoms with Gasteiger partial charge in [0.1, 0.15) is 0 Å². The van der Waals surface area contributed by atoms with Crippen LogP contribution < -0.4 is 0 Å². The first kappa shape index (κ1) is 18.2. The van der Waals surface area contributed by atoms with Crippen molar-refractivity contribution >= 4 is 0 Å². The molecular weight excluding hydrogens is 232 g/mol. The van der Waals surface area contributed by atoms with Crippen LogP contribution in [0.1, 0.15) is 71.1 Å². The molecule has 19 heavy (non-hydrogen) atoms. The van der Waals surface area contributed by atoms with Gasteiger partial charge < -0.3 is 5.11 Å². The zero-order valence-electron chi connectivity index (χ0n) is 12.7. The van der Waals surface area contributed by atoms with E-state index in [1.165, 1.54) is 44.9 Å². The standard InChI is InChI=1S/C18H32O/c1-2-3-4-5-6-7-8-9-10-11-12-13-14-15-16-17-18-19/h9-10,13-14,16-17,19H,2-8,11-12,15,18H2,1H3/b10-9+,14-13+,17-16+. The van der Waals surface area contributed by atoms with E-state index in [2.05, 4.69) is 31.2 Å². The van der Waals surface area contributed by atoms with Crippen LogP contribution in [0.25, 0.3) is 0 Å². The van der Waals surface area contributed by atoms with Crippen molar-refractivity contribution in [2.75, 3.05) is 6.61 Å². The monoisotopic (exact) mass is 264 g/mol. The normalized spacial score (nSPS) is 12.3. The molecule has 0 heterocycles. The predicted molar refractivity (Wildman–Crippen MR) is 86.3 cm³/mol. The van der Waals surface area contributed by atoms with Gasteiger partial charge in [-0.2, -0.15) is 0 Å². The van der Waals surface area contributed by atoms with Crippen LogP contribution in [0.15, 0.2) is 36.5 Å². The Morgan fingerprint density at radius 3 is 1.95 bits per heavy atom. The molecule has 0 aliphatic carbocycles. The fourth-order valence-electron chi connectivity index (χ4n) is 1.93. The summed E-state index contributed by atoms with van der Waals surface area (Å²) in [5, 5.41) is 8.55. The lowest BCUT2D eigenvalue weighted by Gasteiger charge is -1.97. The lowest BCUT2D eigenvalue weighted by molar-refractivity contribution is 0.342. The summed E-state index contributed by atoms with van der Waals surface area (Å²) < 4.78 is 0. The third-order valence-electron chi connectivity index (χ3n) is 3.10. The molecule has 110 valence electrons. The molecule has 0 aromatic rings. The highest BCUT2D eigenvalue weighted by atomic mass is 16.2. The van der Waals surface area contributed by atoms with E-state index in [4.69, 9.17) is 5.11 Å². The van der Waals surface area contributed by atoms with Gasteiger partial charge in [-0.25, -0.2) is 0 Å². The number of hydrogen-bond donors (Lipinski definition) is 1. The van der Waals surface area contributed by atoms with Crippen molar-refractivity contribution in [3.8, 4) is 0 Å². The first-order valence-corrected chi connectivity index (χ1v) is 7.97. The van der Waals surface area contributed by atoms with E-state index < -0.39 is 0 Å². The maximum atomic E-state index is 8.55. The van der Waals surface area contributed by atoms with Crippen molar-refractivity contribution in [2.45, 2.75) is 71.1 Å². The Bertz CT molecular complexity index is 238. The summed E-state index contributed by atoms with van der Waals surface area (Å²) in [5.74, 6) is 0. The molecule has 1 N–H and O–H groups in total. The molecular formula is C18H32O. The van der Waals surface area contributed by atoms with Gasteiger partial charge in [-0.05, 0) is 32.1 Å². The van der Waals surface area contributed by atoms with Crippen molar-refractivity contribution in [3.05, 3.63) is 36.5 Å². The van der Waals surface area contributed by atoms with E-state index in [0.717, 1.165) is 19.3 Å². The Balaban J connectivity index is 3.19. The minimum atomic E-state index is 0.148. The Morgan fingerprint density at radius 1 is 0.632 bits per heavy atom. The molecule has 0 aromatic carbocycles. The number of allylic oxidation sites excluding steroid dienone is 5. The number of rotatable bonds is 13. The number of aliphatic hydroxyl groups excluding tert-OH is 1. The summed E-state index contributed by atoms with van der Waals surface area (Å²) in [6.07, 6.45) is 25.5. The van der Waals surface area contributed by atoms with Gasteiger partial charge in [0.2, 0.25) is 0 Å². The van der Waals surface area contributed by atoms with Crippen LogP contribution in [-0.2, 0) is 0 Å². The molecule has 0 saturated carbocycles. The van der Waals surface area contributed by atoms with Crippen molar-refractivity contribution < 1.29 is 5.11 Å². The van der Waals surface area contributed by atoms with Gasteiger partial charge in [0.25, 0.3) is 0 Å². The summed E-state index contributed by atoms with van der Waals surface area (Å²) in [5.41, 5.74) is 0. The first-order chi connectivity index (χ1) is 9.41. The lowest BCUT2D eigenvalue weighted by Crippen LogP contribution is -1.77. The van der Waals surface area contributed by atoms with Gasteiger partial charge in [0.05, 0.1) is 6.61 Å². The Kier molecular flexibility index (Phi) is 16.4. The number of hydrogen-bond acceptors (Lipinski definition) is 1. The van der Waals surface area contributed by atoms with Gasteiger partial charge in [-0.15, -0.1) is 0 Å². The zero-order valence-corrected chi connectivity index (χ0v) is 12.7. The molecule has 0 bridgehead atoms. The highest BCUT2D eigenvalue weighted by Crippen LogP contribution is 2.07. The summed E-state index contributed by atoms with van der Waals surface area (Å²) in [6, 6.07) is 0. The first-order valence-electron chi connectivity index (χ1n) is 7.97. The summed E-state index contributed by atoms with van der Waals surface area (Å²) in [4.78, 5) is 0. The number of unbranched alkanes of at least 4 members (excludes halogenated alkanes) is 7. The fourth-order valence-corrected chi connectivity index (χ4v) is 1.93. The molecule has 0 amide bonds. The van der Waals surface area contributed by atoms with Crippen molar-refractivity contribution in [1.82, 2.24) is 0 Å². The molecule has 0 atom stereocenters. The minimum Gasteiger partial charge on any atom is -0.392 e. The second-order valence-corrected chi connectivity index (χ2v) is 4.97. The Labute approximate surface area is 120 Å². The van der Waals surface area contributed by atoms with Crippen LogP contribution in [-0.4, -0.2) is 11.7 Å². The quantitative estimate of drug-likeness (QED) is 0.340. The average Bonchev–Trinajstić information content (AvgIpc) is 2.43. The lowest BCUT2D eigenvalue weighted by atomic mass is 10.1. The fraction of sp³-hybridized carbons (Fsp3) is 0.667. The topological polar surface area (TPSA) is 20.2 Å². The van der Waals surface area contributed by atoms with Gasteiger partial charge in [-0.1, -0.05) is 75.5 Å². The molecule has 0 saturated heterocycles. The molecule has 0 aromatic heterocycles. The summed E-state index contributed by atoms with van der Waals surface area (Å²) in [7, 11) is 0. The molecule has 0 unspecified atom stereocenters. The second kappa shape index (κ2) is 17.2. The minimum absolute atomic E-state index is 0.148. The van der Waals surface area contributed by atoms with Crippen LogP contribution in [0.3, 0.4) is 0 Å². The Morgan fingerprint density at radius 2 is 1.21 bits per heavy atom. The molecule has 0 aliphatic rings. The third-order valence-corrected chi connectivity index (χ3v) is 3.10. The van der Waals surface area contributed by atoms with Crippen LogP contribution in [0.4, 0.5) is 0 Å². The van der Waals surface area contributed by atoms with Gasteiger partial charge in [-0.3, -0.25) is 0 Å². The molecule has 0 fully saturated rings. The average molecular weight is 264 g/mol. The number of aliphatic hydroxyl groups is 1. The largest absolute Gasteiger partial charge is 0.392 e. The van der Waals surface area contributed by atoms with Crippen LogP contribution in [0.2, 0.25) is 0 Å². The SMILES string of the molecule is CCCCCCCC/C=C/CC/C=C/C/C=C/CO. The molecule has 0 radical (unpaired) electrons. The van der Waals surface area contributed by atoms with Crippen LogP contribution in [0.5, 0.6) is 0 Å². The van der Waals surface area contributed by atoms with Crippen molar-refractivity contribution in [1.29, 1.82) is 0 Å². The van der Waals surface area contributed by atoms with E-state index in [-0.39, 0.29) is 6.61 Å². The second-order valence-electron chi connectivity index (χ2n) is 4.97. The van der Waals surface area contributed by atoms with E-state index >= 15 is 0 Å². The summed E-state index contributed by atoms with van der Waals surface area (Å²) >= 11 is 0. The highest BCUT2D eigenvalue weighted by molar-refractivity contribution is 4.94. The Hall–Kier alpha value is -0.820. The maximum Gasteiger partial charge on any atom is 0.0612 e. The third kappa shape index (κ3) is 17.2. The van der Waals surface area contributed by atoms with Gasteiger partial charge in [0, 0.05) is 0 Å². The zero-order chi connectivity index (χ0) is 14.0. The molecule has 0 aliphatic heterocycles. The van der Waals surface area contributed by atoms with Crippen LogP contribution >= 0.6 is 0 Å². The predicted octanol–water partition coefficient (Wildman–Crippen LogP) is 5.57. The van der Waals surface area contributed by atoms with Gasteiger partial charge >= 0.3 is 0 Å². The maximum absolute atomic E-state index is 8.55. The summed E-state index contributed by atoms with van der Waals surface area (Å²) in [6.45, 7) is 2.41. The van der Waals surface area contributed by atoms with E-state index in [1.54, 1.807) is 6.08 Å². The van der Waals surface area contributed by atoms with Crippen molar-refractivity contribution in [2.24, 2.45) is 0 Å². The smallest absolute Gasteiger partial charge is 0.0612 e. The molecule has 1 heteroatoms. The molecule has 0 rings (SSSR count).